The molecule has 0 bridgehead atoms. The van der Waals surface area contributed by atoms with E-state index in [9.17, 15) is 18.4 Å². The van der Waals surface area contributed by atoms with Crippen LogP contribution in [0.4, 0.5) is 8.78 Å². The number of fused-ring (bicyclic) bond motifs is 1. The number of amides is 2. The molecule has 0 unspecified atom stereocenters. The number of benzene rings is 1. The lowest BCUT2D eigenvalue weighted by Crippen LogP contribution is -2.37. The second-order valence-corrected chi connectivity index (χ2v) is 5.98. The van der Waals surface area contributed by atoms with Crippen LogP contribution in [0.2, 0.25) is 0 Å². The summed E-state index contributed by atoms with van der Waals surface area (Å²) in [6, 6.07) is 3.75. The third kappa shape index (κ3) is 2.98. The summed E-state index contributed by atoms with van der Waals surface area (Å²) in [7, 11) is 1.52. The highest BCUT2D eigenvalue weighted by Crippen LogP contribution is 2.34. The molecular weight excluding hydrogens is 306 g/mol. The van der Waals surface area contributed by atoms with Crippen LogP contribution >= 0.6 is 0 Å². The largest absolute Gasteiger partial charge is 0.383 e. The summed E-state index contributed by atoms with van der Waals surface area (Å²) < 4.78 is 31.1. The molecule has 0 aliphatic carbocycles. The Bertz CT molecular complexity index is 614. The smallest absolute Gasteiger partial charge is 0.234 e. The van der Waals surface area contributed by atoms with Gasteiger partial charge in [0.2, 0.25) is 11.8 Å². The molecule has 0 spiro atoms. The van der Waals surface area contributed by atoms with Crippen molar-refractivity contribution in [1.29, 1.82) is 0 Å². The first-order valence-electron chi connectivity index (χ1n) is 7.51. The molecular formula is C16H18F2N2O3. The van der Waals surface area contributed by atoms with Crippen molar-refractivity contribution in [2.24, 2.45) is 11.8 Å². The highest BCUT2D eigenvalue weighted by molar-refractivity contribution is 6.05. The highest BCUT2D eigenvalue weighted by Gasteiger charge is 2.51. The average molecular weight is 324 g/mol. The van der Waals surface area contributed by atoms with E-state index in [0.29, 0.717) is 31.8 Å². The topological polar surface area (TPSA) is 49.9 Å². The van der Waals surface area contributed by atoms with Gasteiger partial charge in [-0.2, -0.15) is 0 Å². The molecule has 5 nitrogen and oxygen atoms in total. The van der Waals surface area contributed by atoms with Crippen LogP contribution in [-0.4, -0.2) is 55.0 Å². The van der Waals surface area contributed by atoms with Crippen LogP contribution in [0.3, 0.4) is 0 Å². The number of halogens is 2. The van der Waals surface area contributed by atoms with E-state index in [4.69, 9.17) is 4.74 Å². The third-order valence-electron chi connectivity index (χ3n) is 4.47. The van der Waals surface area contributed by atoms with E-state index in [1.165, 1.54) is 18.1 Å². The molecule has 2 saturated heterocycles. The van der Waals surface area contributed by atoms with Gasteiger partial charge in [0.25, 0.3) is 0 Å². The Labute approximate surface area is 132 Å². The fourth-order valence-electron chi connectivity index (χ4n) is 3.32. The molecule has 7 heteroatoms. The molecule has 3 rings (SSSR count). The van der Waals surface area contributed by atoms with Gasteiger partial charge in [-0.15, -0.1) is 0 Å². The van der Waals surface area contributed by atoms with Crippen LogP contribution in [0.5, 0.6) is 0 Å². The normalized spacial score (nSPS) is 24.6. The van der Waals surface area contributed by atoms with Crippen LogP contribution in [0.15, 0.2) is 18.2 Å². The van der Waals surface area contributed by atoms with E-state index in [-0.39, 0.29) is 30.2 Å². The molecule has 23 heavy (non-hydrogen) atoms. The van der Waals surface area contributed by atoms with Gasteiger partial charge in [0.15, 0.2) is 11.6 Å². The number of likely N-dealkylation sites (tertiary alicyclic amines) is 2. The molecule has 2 amide bonds. The first kappa shape index (κ1) is 16.0. The van der Waals surface area contributed by atoms with Crippen molar-refractivity contribution < 1.29 is 23.1 Å². The number of hydrogen-bond acceptors (Lipinski definition) is 4. The first-order valence-corrected chi connectivity index (χ1v) is 7.51. The fourth-order valence-corrected chi connectivity index (χ4v) is 3.32. The Morgan fingerprint density at radius 2 is 1.78 bits per heavy atom. The maximum Gasteiger partial charge on any atom is 0.234 e. The molecule has 2 aliphatic heterocycles. The van der Waals surface area contributed by atoms with E-state index < -0.39 is 11.6 Å². The summed E-state index contributed by atoms with van der Waals surface area (Å²) in [6.07, 6.45) is 0. The van der Waals surface area contributed by atoms with Crippen LogP contribution in [0.1, 0.15) is 5.56 Å². The minimum Gasteiger partial charge on any atom is -0.383 e. The maximum absolute atomic E-state index is 13.3. The first-order chi connectivity index (χ1) is 11.0. The minimum atomic E-state index is -0.889. The summed E-state index contributed by atoms with van der Waals surface area (Å²) in [5.41, 5.74) is 0.625. The van der Waals surface area contributed by atoms with Gasteiger partial charge < -0.3 is 4.74 Å². The molecule has 2 fully saturated rings. The van der Waals surface area contributed by atoms with Crippen molar-refractivity contribution >= 4 is 11.8 Å². The van der Waals surface area contributed by atoms with Crippen LogP contribution in [-0.2, 0) is 20.9 Å². The lowest BCUT2D eigenvalue weighted by Gasteiger charge is -2.20. The number of carbonyl (C=O) groups is 2. The third-order valence-corrected chi connectivity index (χ3v) is 4.47. The molecule has 1 aromatic rings. The van der Waals surface area contributed by atoms with Crippen LogP contribution in [0, 0.1) is 23.5 Å². The maximum atomic E-state index is 13.3. The summed E-state index contributed by atoms with van der Waals surface area (Å²) in [4.78, 5) is 27.8. The molecule has 0 saturated carbocycles. The van der Waals surface area contributed by atoms with Crippen LogP contribution < -0.4 is 0 Å². The number of nitrogens with zero attached hydrogens (tertiary/aromatic N) is 2. The molecule has 0 radical (unpaired) electrons. The second-order valence-electron chi connectivity index (χ2n) is 5.98. The van der Waals surface area contributed by atoms with E-state index >= 15 is 0 Å². The van der Waals surface area contributed by atoms with Gasteiger partial charge >= 0.3 is 0 Å². The molecule has 124 valence electrons. The predicted molar refractivity (Wildman–Crippen MR) is 77.2 cm³/mol. The molecule has 0 N–H and O–H groups in total. The van der Waals surface area contributed by atoms with Gasteiger partial charge in [-0.25, -0.2) is 8.78 Å². The number of ether oxygens (including phenoxy) is 1. The fraction of sp³-hybridized carbons (Fsp3) is 0.500. The highest BCUT2D eigenvalue weighted by atomic mass is 19.2. The van der Waals surface area contributed by atoms with E-state index in [2.05, 4.69) is 0 Å². The van der Waals surface area contributed by atoms with Crippen LogP contribution in [0.25, 0.3) is 0 Å². The zero-order valence-corrected chi connectivity index (χ0v) is 12.8. The summed E-state index contributed by atoms with van der Waals surface area (Å²) >= 11 is 0. The van der Waals surface area contributed by atoms with Gasteiger partial charge in [0, 0.05) is 26.7 Å². The Balaban J connectivity index is 1.65. The minimum absolute atomic E-state index is 0.162. The van der Waals surface area contributed by atoms with E-state index in [1.54, 1.807) is 0 Å². The van der Waals surface area contributed by atoms with Crippen molar-refractivity contribution in [3.63, 3.8) is 0 Å². The van der Waals surface area contributed by atoms with Gasteiger partial charge in [-0.3, -0.25) is 19.4 Å². The Kier molecular flexibility index (Phi) is 4.41. The average Bonchev–Trinajstić information content (AvgIpc) is 3.02. The van der Waals surface area contributed by atoms with Crippen molar-refractivity contribution in [3.05, 3.63) is 35.4 Å². The van der Waals surface area contributed by atoms with E-state index in [0.717, 1.165) is 12.1 Å². The number of hydrogen-bond donors (Lipinski definition) is 0. The van der Waals surface area contributed by atoms with E-state index in [1.807, 2.05) is 4.90 Å². The van der Waals surface area contributed by atoms with Crippen molar-refractivity contribution in [2.75, 3.05) is 33.4 Å². The zero-order valence-electron chi connectivity index (χ0n) is 12.8. The number of imide groups is 1. The summed E-state index contributed by atoms with van der Waals surface area (Å²) in [6.45, 7) is 1.91. The molecule has 2 aliphatic rings. The predicted octanol–water partition coefficient (Wildman–Crippen LogP) is 1.03. The zero-order chi connectivity index (χ0) is 16.6. The molecule has 2 atom stereocenters. The van der Waals surface area contributed by atoms with Gasteiger partial charge in [0.05, 0.1) is 25.0 Å². The van der Waals surface area contributed by atoms with Crippen molar-refractivity contribution in [3.8, 4) is 0 Å². The van der Waals surface area contributed by atoms with Gasteiger partial charge in [-0.05, 0) is 17.7 Å². The van der Waals surface area contributed by atoms with Gasteiger partial charge in [-0.1, -0.05) is 6.07 Å². The quantitative estimate of drug-likeness (QED) is 0.759. The number of methoxy groups -OCH3 is 1. The Morgan fingerprint density at radius 1 is 1.13 bits per heavy atom. The Hall–Kier alpha value is -1.86. The second kappa shape index (κ2) is 6.33. The lowest BCUT2D eigenvalue weighted by atomic mass is 10.00. The lowest BCUT2D eigenvalue weighted by molar-refractivity contribution is -0.141. The molecule has 1 aromatic carbocycles. The van der Waals surface area contributed by atoms with Crippen molar-refractivity contribution in [2.45, 2.75) is 6.54 Å². The molecule has 2 heterocycles. The number of carbonyl (C=O) groups excluding carboxylic acids is 2. The van der Waals surface area contributed by atoms with Crippen molar-refractivity contribution in [1.82, 2.24) is 9.80 Å². The summed E-state index contributed by atoms with van der Waals surface area (Å²) in [5.74, 6) is -2.78. The number of rotatable bonds is 5. The standard InChI is InChI=1S/C16H18F2N2O3/c1-23-5-4-20-15(21)11-8-19(9-12(11)16(20)22)7-10-2-3-13(17)14(18)6-10/h2-3,6,11-12H,4-5,7-9H2,1H3/t11-,12+. The molecule has 0 aromatic heterocycles. The SMILES string of the molecule is COCCN1C(=O)[C@H]2CN(Cc3ccc(F)c(F)c3)C[C@H]2C1=O. The summed E-state index contributed by atoms with van der Waals surface area (Å²) in [5, 5.41) is 0. The van der Waals surface area contributed by atoms with Gasteiger partial charge in [0.1, 0.15) is 0 Å². The Morgan fingerprint density at radius 3 is 2.35 bits per heavy atom. The monoisotopic (exact) mass is 324 g/mol.